The number of likely N-dealkylation sites (tertiary alicyclic amines) is 1. The Kier molecular flexibility index (Phi) is 25.6. The van der Waals surface area contributed by atoms with Gasteiger partial charge < -0.3 is 56.1 Å². The van der Waals surface area contributed by atoms with Gasteiger partial charge in [0, 0.05) is 46.1 Å². The average Bonchev–Trinajstić information content (AvgIpc) is 3.89. The summed E-state index contributed by atoms with van der Waals surface area (Å²) in [5.41, 5.74) is 6.32. The second kappa shape index (κ2) is 30.0. The molecule has 1 heterocycles. The van der Waals surface area contributed by atoms with Crippen molar-refractivity contribution in [3.05, 3.63) is 59.7 Å². The molecule has 0 radical (unpaired) electrons. The van der Waals surface area contributed by atoms with Crippen LogP contribution in [-0.4, -0.2) is 164 Å². The molecule has 78 heavy (non-hydrogen) atoms. The van der Waals surface area contributed by atoms with Crippen molar-refractivity contribution in [2.24, 2.45) is 35.3 Å². The van der Waals surface area contributed by atoms with Gasteiger partial charge in [0.05, 0.1) is 54.8 Å². The van der Waals surface area contributed by atoms with Gasteiger partial charge in [0.2, 0.25) is 35.4 Å². The van der Waals surface area contributed by atoms with Gasteiger partial charge in [-0.2, -0.15) is 8.42 Å². The third-order valence-corrected chi connectivity index (χ3v) is 15.8. The summed E-state index contributed by atoms with van der Waals surface area (Å²) in [6, 6.07) is 6.55. The molecule has 23 heteroatoms. The highest BCUT2D eigenvalue weighted by Gasteiger charge is 2.44. The molecule has 12 atom stereocenters. The molecular weight excluding hydrogens is 1030 g/mol. The minimum atomic E-state index is -4.95. The molecule has 1 fully saturated rings. The fourth-order valence-corrected chi connectivity index (χ4v) is 10.6. The van der Waals surface area contributed by atoms with Crippen LogP contribution in [0.3, 0.4) is 0 Å². The maximum absolute atomic E-state index is 14.7. The van der Waals surface area contributed by atoms with E-state index in [1.54, 1.807) is 79.5 Å². The van der Waals surface area contributed by atoms with Crippen LogP contribution in [0.4, 0.5) is 10.5 Å². The first-order chi connectivity index (χ1) is 36.4. The minimum Gasteiger partial charge on any atom is -0.444 e. The zero-order valence-electron chi connectivity index (χ0n) is 48.1. The predicted molar refractivity (Wildman–Crippen MR) is 294 cm³/mol. The van der Waals surface area contributed by atoms with E-state index in [4.69, 9.17) is 19.9 Å². The van der Waals surface area contributed by atoms with E-state index in [0.717, 1.165) is 11.0 Å². The van der Waals surface area contributed by atoms with E-state index in [1.807, 2.05) is 32.0 Å². The number of carbonyl (C=O) groups excluding carboxylic acids is 7. The first-order valence-electron chi connectivity index (χ1n) is 26.8. The van der Waals surface area contributed by atoms with E-state index in [1.165, 1.54) is 45.2 Å². The topological polar surface area (TPSA) is 306 Å². The second-order valence-corrected chi connectivity index (χ2v) is 23.0. The van der Waals surface area contributed by atoms with E-state index in [2.05, 4.69) is 21.3 Å². The highest BCUT2D eigenvalue weighted by molar-refractivity contribution is 7.85. The van der Waals surface area contributed by atoms with Gasteiger partial charge in [-0.05, 0) is 68.1 Å². The summed E-state index contributed by atoms with van der Waals surface area (Å²) in [7, 11) is 0.945. The Bertz CT molecular complexity index is 2460. The summed E-state index contributed by atoms with van der Waals surface area (Å²) in [5.74, 6) is -5.10. The SMILES string of the molecule is CC[C@H](C)[C@@H]([C@@H](CC(=O)N1CCC[C@H]1[C@H](OC)[C@@H](C)C(=O)N[C@H](C)[C@@H](O)c1ccccc1)OC)N(C)C(=O)[C@@H](NC(=O)[C@H](C(C)C)N(C)C(=O)OCc1ccc(NC(=O)[C@H](C)NC(=O)[C@@H](N)C(C)C)cc1S(=O)(=O)O)C(C)C. The highest BCUT2D eigenvalue weighted by atomic mass is 32.2. The van der Waals surface area contributed by atoms with Crippen LogP contribution in [0.25, 0.3) is 0 Å². The first-order valence-corrected chi connectivity index (χ1v) is 28.2. The minimum absolute atomic E-state index is 0.0544. The van der Waals surface area contributed by atoms with Gasteiger partial charge in [0.15, 0.2) is 0 Å². The molecule has 0 aliphatic carbocycles. The van der Waals surface area contributed by atoms with Crippen LogP contribution >= 0.6 is 0 Å². The molecule has 1 aliphatic heterocycles. The number of carbonyl (C=O) groups is 7. The zero-order valence-corrected chi connectivity index (χ0v) is 49.0. The predicted octanol–water partition coefficient (Wildman–Crippen LogP) is 4.25. The largest absolute Gasteiger partial charge is 0.444 e. The highest BCUT2D eigenvalue weighted by Crippen LogP contribution is 2.31. The fourth-order valence-electron chi connectivity index (χ4n) is 9.85. The molecule has 22 nitrogen and oxygen atoms in total. The van der Waals surface area contributed by atoms with Gasteiger partial charge in [-0.1, -0.05) is 105 Å². The Morgan fingerprint density at radius 3 is 1.96 bits per heavy atom. The third kappa shape index (κ3) is 17.6. The molecule has 2 aromatic rings. The summed E-state index contributed by atoms with van der Waals surface area (Å²) >= 11 is 0. The number of amides is 7. The molecule has 1 saturated heterocycles. The molecule has 0 aromatic heterocycles. The number of likely N-dealkylation sites (N-methyl/N-ethyl adjacent to an activating group) is 2. The van der Waals surface area contributed by atoms with Crippen molar-refractivity contribution < 1.29 is 65.8 Å². The number of nitrogens with zero attached hydrogens (tertiary/aromatic N) is 3. The Labute approximate surface area is 461 Å². The van der Waals surface area contributed by atoms with E-state index in [9.17, 15) is 51.6 Å². The fraction of sp³-hybridized carbons (Fsp3) is 0.655. The lowest BCUT2D eigenvalue weighted by atomic mass is 9.89. The number of methoxy groups -OCH3 is 2. The van der Waals surface area contributed by atoms with E-state index in [-0.39, 0.29) is 41.3 Å². The third-order valence-electron chi connectivity index (χ3n) is 14.8. The lowest BCUT2D eigenvalue weighted by Crippen LogP contribution is -2.60. The van der Waals surface area contributed by atoms with Gasteiger partial charge in [-0.25, -0.2) is 4.79 Å². The number of benzene rings is 2. The number of aliphatic hydroxyl groups is 1. The Morgan fingerprint density at radius 2 is 1.42 bits per heavy atom. The van der Waals surface area contributed by atoms with Crippen LogP contribution in [0.1, 0.15) is 119 Å². The van der Waals surface area contributed by atoms with Crippen molar-refractivity contribution in [2.75, 3.05) is 40.2 Å². The zero-order chi connectivity index (χ0) is 59.1. The van der Waals surface area contributed by atoms with E-state index < -0.39 is 130 Å². The number of hydrogen-bond donors (Lipinski definition) is 7. The Balaban J connectivity index is 1.77. The van der Waals surface area contributed by atoms with Crippen LogP contribution in [-0.2, 0) is 59.7 Å². The van der Waals surface area contributed by atoms with Crippen LogP contribution in [0, 0.1) is 29.6 Å². The van der Waals surface area contributed by atoms with Crippen molar-refractivity contribution in [1.29, 1.82) is 0 Å². The van der Waals surface area contributed by atoms with E-state index >= 15 is 0 Å². The van der Waals surface area contributed by atoms with Crippen LogP contribution in [0.5, 0.6) is 0 Å². The van der Waals surface area contributed by atoms with Crippen molar-refractivity contribution >= 4 is 57.3 Å². The van der Waals surface area contributed by atoms with Crippen molar-refractivity contribution in [2.45, 2.75) is 174 Å². The van der Waals surface area contributed by atoms with Gasteiger partial charge in [0.1, 0.15) is 29.6 Å². The molecule has 438 valence electrons. The maximum Gasteiger partial charge on any atom is 0.410 e. The number of ether oxygens (including phenoxy) is 3. The van der Waals surface area contributed by atoms with Gasteiger partial charge in [0.25, 0.3) is 10.1 Å². The van der Waals surface area contributed by atoms with Gasteiger partial charge >= 0.3 is 6.09 Å². The molecule has 0 saturated carbocycles. The van der Waals surface area contributed by atoms with Crippen LogP contribution in [0.15, 0.2) is 53.4 Å². The maximum atomic E-state index is 14.7. The normalized spacial score (nSPS) is 18.1. The number of hydrogen-bond acceptors (Lipinski definition) is 14. The molecule has 0 unspecified atom stereocenters. The quantitative estimate of drug-likeness (QED) is 0.0586. The smallest absolute Gasteiger partial charge is 0.410 e. The number of aliphatic hydroxyl groups excluding tert-OH is 1. The molecule has 8 N–H and O–H groups in total. The summed E-state index contributed by atoms with van der Waals surface area (Å²) in [6.07, 6.45) is -1.72. The molecule has 3 rings (SSSR count). The molecule has 2 aromatic carbocycles. The average molecular weight is 1120 g/mol. The second-order valence-electron chi connectivity index (χ2n) is 21.6. The summed E-state index contributed by atoms with van der Waals surface area (Å²) in [6.45, 7) is 18.9. The molecular formula is C55H88N8O14S. The molecule has 1 aliphatic rings. The summed E-state index contributed by atoms with van der Waals surface area (Å²) in [5, 5.41) is 21.7. The number of rotatable bonds is 28. The first kappa shape index (κ1) is 66.6. The van der Waals surface area contributed by atoms with Crippen molar-refractivity contribution in [3.63, 3.8) is 0 Å². The monoisotopic (exact) mass is 1120 g/mol. The molecule has 0 bridgehead atoms. The van der Waals surface area contributed by atoms with Crippen LogP contribution < -0.4 is 27.0 Å². The molecule has 0 spiro atoms. The summed E-state index contributed by atoms with van der Waals surface area (Å²) < 4.78 is 52.7. The Hall–Kier alpha value is -5.72. The van der Waals surface area contributed by atoms with Crippen molar-refractivity contribution in [3.8, 4) is 0 Å². The van der Waals surface area contributed by atoms with Crippen LogP contribution in [0.2, 0.25) is 0 Å². The standard InChI is InChI=1S/C55H88N8O14S/c1-16-33(8)47(41(75-14)28-43(64)63-26-20-23-40(63)49(76-15)34(9)50(66)57-35(10)48(65)37-21-18-17-19-22-37)61(12)54(70)45(31(4)5)60-53(69)46(32(6)7)62(13)55(71)77-29-38-24-25-39(27-42(38)78(72,73)74)59-51(67)36(11)58-52(68)44(56)30(2)3/h17-19,21-22,24-25,27,30-36,40-41,44-49,65H,16,20,23,26,28-29,56H2,1-15H3,(H,57,66)(H,58,68)(H,59,67)(H,60,69)(H,72,73,74)/t33-,34+,35+,36-,40-,41+,44-,45-,46-,47-,48+,49+/m0/s1. The number of anilines is 1. The van der Waals surface area contributed by atoms with E-state index in [0.29, 0.717) is 31.4 Å². The Morgan fingerprint density at radius 1 is 0.795 bits per heavy atom. The van der Waals surface area contributed by atoms with Crippen molar-refractivity contribution in [1.82, 2.24) is 30.7 Å². The van der Waals surface area contributed by atoms with Gasteiger partial charge in [-0.3, -0.25) is 38.2 Å². The van der Waals surface area contributed by atoms with Gasteiger partial charge in [-0.15, -0.1) is 0 Å². The number of nitrogens with one attached hydrogen (secondary N) is 4. The lowest BCUT2D eigenvalue weighted by molar-refractivity contribution is -0.148. The lowest BCUT2D eigenvalue weighted by Gasteiger charge is -2.41. The summed E-state index contributed by atoms with van der Waals surface area (Å²) in [4.78, 5) is 99.5. The number of nitrogens with two attached hydrogens (primary N) is 1. The molecule has 7 amide bonds.